The summed E-state index contributed by atoms with van der Waals surface area (Å²) in [7, 11) is 1.72. The smallest absolute Gasteiger partial charge is 0.191 e. The van der Waals surface area contributed by atoms with Crippen molar-refractivity contribution < 1.29 is 8.81 Å². The minimum atomic E-state index is -0.212. The van der Waals surface area contributed by atoms with Crippen LogP contribution in [0.3, 0.4) is 0 Å². The highest BCUT2D eigenvalue weighted by atomic mass is 127. The molecule has 2 N–H and O–H groups in total. The standard InChI is InChI=1S/C19H25FN4O.HI/c1-21-19(22-13-15-7-2-3-8-16(15)20)23-14-17(18-9-6-12-25-18)24-10-4-5-11-24;/h2-3,6-9,12,17H,4-5,10-11,13-14H2,1H3,(H2,21,22,23);1H. The molecule has 3 rings (SSSR count). The topological polar surface area (TPSA) is 52.8 Å². The SMILES string of the molecule is CN=C(NCc1ccccc1F)NCC(c1ccco1)N1CCCC1.I. The molecule has 142 valence electrons. The summed E-state index contributed by atoms with van der Waals surface area (Å²) in [6.45, 7) is 3.23. The van der Waals surface area contributed by atoms with Crippen LogP contribution in [0.15, 0.2) is 52.1 Å². The Hall–Kier alpha value is -1.61. The normalized spacial score (nSPS) is 16.2. The van der Waals surface area contributed by atoms with Gasteiger partial charge in [-0.2, -0.15) is 0 Å². The predicted molar refractivity (Wildman–Crippen MR) is 112 cm³/mol. The van der Waals surface area contributed by atoms with Crippen molar-refractivity contribution in [2.75, 3.05) is 26.7 Å². The summed E-state index contributed by atoms with van der Waals surface area (Å²) in [6, 6.07) is 10.9. The van der Waals surface area contributed by atoms with Crippen molar-refractivity contribution in [2.24, 2.45) is 4.99 Å². The van der Waals surface area contributed by atoms with Crippen molar-refractivity contribution in [3.8, 4) is 0 Å². The molecule has 1 aliphatic heterocycles. The van der Waals surface area contributed by atoms with Gasteiger partial charge in [0.15, 0.2) is 5.96 Å². The van der Waals surface area contributed by atoms with Gasteiger partial charge in [-0.15, -0.1) is 24.0 Å². The van der Waals surface area contributed by atoms with Gasteiger partial charge < -0.3 is 15.1 Å². The highest BCUT2D eigenvalue weighted by Gasteiger charge is 2.25. The summed E-state index contributed by atoms with van der Waals surface area (Å²) >= 11 is 0. The van der Waals surface area contributed by atoms with E-state index in [2.05, 4.69) is 20.5 Å². The largest absolute Gasteiger partial charge is 0.468 e. The minimum Gasteiger partial charge on any atom is -0.468 e. The Bertz CT molecular complexity index is 687. The van der Waals surface area contributed by atoms with E-state index in [1.807, 2.05) is 18.2 Å². The van der Waals surface area contributed by atoms with E-state index in [-0.39, 0.29) is 35.8 Å². The van der Waals surface area contributed by atoms with Crippen molar-refractivity contribution in [1.29, 1.82) is 0 Å². The van der Waals surface area contributed by atoms with Gasteiger partial charge in [0.05, 0.1) is 12.3 Å². The van der Waals surface area contributed by atoms with Crippen molar-refractivity contribution in [3.63, 3.8) is 0 Å². The lowest BCUT2D eigenvalue weighted by atomic mass is 10.2. The number of benzene rings is 1. The Kier molecular flexibility index (Phi) is 8.37. The van der Waals surface area contributed by atoms with E-state index >= 15 is 0 Å². The van der Waals surface area contributed by atoms with Crippen LogP contribution < -0.4 is 10.6 Å². The lowest BCUT2D eigenvalue weighted by molar-refractivity contribution is 0.215. The number of rotatable bonds is 6. The summed E-state index contributed by atoms with van der Waals surface area (Å²) in [5.41, 5.74) is 0.618. The van der Waals surface area contributed by atoms with Crippen LogP contribution in [-0.4, -0.2) is 37.5 Å². The first-order chi connectivity index (χ1) is 12.3. The fourth-order valence-electron chi connectivity index (χ4n) is 3.18. The van der Waals surface area contributed by atoms with Crippen LogP contribution in [0.25, 0.3) is 0 Å². The Balaban J connectivity index is 0.00000243. The number of nitrogens with one attached hydrogen (secondary N) is 2. The average molecular weight is 472 g/mol. The van der Waals surface area contributed by atoms with Crippen LogP contribution in [-0.2, 0) is 6.54 Å². The molecule has 0 radical (unpaired) electrons. The molecule has 1 fully saturated rings. The van der Waals surface area contributed by atoms with Gasteiger partial charge in [-0.25, -0.2) is 4.39 Å². The summed E-state index contributed by atoms with van der Waals surface area (Å²) in [6.07, 6.45) is 4.15. The van der Waals surface area contributed by atoms with E-state index in [4.69, 9.17) is 4.42 Å². The second-order valence-electron chi connectivity index (χ2n) is 6.17. The molecule has 0 spiro atoms. The molecule has 26 heavy (non-hydrogen) atoms. The molecule has 1 aromatic heterocycles. The number of furan rings is 1. The molecule has 1 aliphatic rings. The van der Waals surface area contributed by atoms with Gasteiger partial charge in [-0.1, -0.05) is 18.2 Å². The molecule has 0 amide bonds. The van der Waals surface area contributed by atoms with Crippen LogP contribution in [0, 0.1) is 5.82 Å². The van der Waals surface area contributed by atoms with Crippen LogP contribution in [0.5, 0.6) is 0 Å². The maximum Gasteiger partial charge on any atom is 0.191 e. The van der Waals surface area contributed by atoms with Gasteiger partial charge in [0.1, 0.15) is 11.6 Å². The number of halogens is 2. The van der Waals surface area contributed by atoms with Crippen LogP contribution in [0.1, 0.15) is 30.2 Å². The van der Waals surface area contributed by atoms with Gasteiger partial charge in [0, 0.05) is 25.7 Å². The summed E-state index contributed by atoms with van der Waals surface area (Å²) in [5.74, 6) is 1.40. The van der Waals surface area contributed by atoms with Gasteiger partial charge in [-0.3, -0.25) is 9.89 Å². The molecule has 5 nitrogen and oxygen atoms in total. The fraction of sp³-hybridized carbons (Fsp3) is 0.421. The number of hydrogen-bond acceptors (Lipinski definition) is 3. The third-order valence-corrected chi connectivity index (χ3v) is 4.54. The molecule has 2 heterocycles. The Morgan fingerprint density at radius 1 is 1.19 bits per heavy atom. The quantitative estimate of drug-likeness (QED) is 0.384. The van der Waals surface area contributed by atoms with Gasteiger partial charge in [0.25, 0.3) is 0 Å². The molecule has 1 unspecified atom stereocenters. The van der Waals surface area contributed by atoms with E-state index in [9.17, 15) is 4.39 Å². The van der Waals surface area contributed by atoms with Crippen molar-refractivity contribution >= 4 is 29.9 Å². The summed E-state index contributed by atoms with van der Waals surface area (Å²) in [5, 5.41) is 6.51. The first-order valence-electron chi connectivity index (χ1n) is 8.73. The summed E-state index contributed by atoms with van der Waals surface area (Å²) in [4.78, 5) is 6.66. The third kappa shape index (κ3) is 5.44. The van der Waals surface area contributed by atoms with Crippen LogP contribution in [0.2, 0.25) is 0 Å². The fourth-order valence-corrected chi connectivity index (χ4v) is 3.18. The second-order valence-corrected chi connectivity index (χ2v) is 6.17. The van der Waals surface area contributed by atoms with Crippen molar-refractivity contribution in [2.45, 2.75) is 25.4 Å². The first kappa shape index (κ1) is 20.7. The number of aliphatic imine (C=N–C) groups is 1. The van der Waals surface area contributed by atoms with Gasteiger partial charge in [0.2, 0.25) is 0 Å². The summed E-state index contributed by atoms with van der Waals surface area (Å²) < 4.78 is 19.4. The number of guanidine groups is 1. The Morgan fingerprint density at radius 3 is 2.62 bits per heavy atom. The molecule has 0 bridgehead atoms. The molecule has 1 atom stereocenters. The highest BCUT2D eigenvalue weighted by molar-refractivity contribution is 14.0. The third-order valence-electron chi connectivity index (χ3n) is 4.54. The first-order valence-corrected chi connectivity index (χ1v) is 8.73. The number of hydrogen-bond donors (Lipinski definition) is 2. The predicted octanol–water partition coefficient (Wildman–Crippen LogP) is 3.54. The second kappa shape index (κ2) is 10.5. The van der Waals surface area contributed by atoms with Crippen molar-refractivity contribution in [3.05, 3.63) is 59.8 Å². The van der Waals surface area contributed by atoms with E-state index in [0.717, 1.165) is 18.8 Å². The minimum absolute atomic E-state index is 0. The van der Waals surface area contributed by atoms with E-state index in [0.29, 0.717) is 24.6 Å². The van der Waals surface area contributed by atoms with E-state index < -0.39 is 0 Å². The maximum absolute atomic E-state index is 13.7. The molecular formula is C19H26FIN4O. The van der Waals surface area contributed by atoms with Gasteiger partial charge in [-0.05, 0) is 44.1 Å². The lowest BCUT2D eigenvalue weighted by Gasteiger charge is -2.26. The Morgan fingerprint density at radius 2 is 1.96 bits per heavy atom. The average Bonchev–Trinajstić information content (AvgIpc) is 3.33. The molecule has 1 saturated heterocycles. The zero-order chi connectivity index (χ0) is 17.5. The molecule has 1 aromatic carbocycles. The van der Waals surface area contributed by atoms with Crippen LogP contribution >= 0.6 is 24.0 Å². The van der Waals surface area contributed by atoms with E-state index in [1.165, 1.54) is 18.9 Å². The van der Waals surface area contributed by atoms with E-state index in [1.54, 1.807) is 25.4 Å². The molecular weight excluding hydrogens is 446 g/mol. The zero-order valence-electron chi connectivity index (χ0n) is 15.0. The molecule has 0 saturated carbocycles. The number of nitrogens with zero attached hydrogens (tertiary/aromatic N) is 2. The van der Waals surface area contributed by atoms with Crippen LogP contribution in [0.4, 0.5) is 4.39 Å². The molecule has 0 aliphatic carbocycles. The lowest BCUT2D eigenvalue weighted by Crippen LogP contribution is -2.42. The Labute approximate surface area is 171 Å². The van der Waals surface area contributed by atoms with Gasteiger partial charge >= 0.3 is 0 Å². The monoisotopic (exact) mass is 472 g/mol. The molecule has 7 heteroatoms. The number of likely N-dealkylation sites (tertiary alicyclic amines) is 1. The zero-order valence-corrected chi connectivity index (χ0v) is 17.3. The van der Waals surface area contributed by atoms with Crippen molar-refractivity contribution in [1.82, 2.24) is 15.5 Å². The highest BCUT2D eigenvalue weighted by Crippen LogP contribution is 2.24. The maximum atomic E-state index is 13.7. The molecule has 2 aromatic rings.